The van der Waals surface area contributed by atoms with Gasteiger partial charge in [0, 0.05) is 25.7 Å². The zero-order valence-electron chi connectivity index (χ0n) is 60.9. The summed E-state index contributed by atoms with van der Waals surface area (Å²) in [5.74, 6) is 0.854. The topological polar surface area (TPSA) is 237 Å². The van der Waals surface area contributed by atoms with Crippen molar-refractivity contribution in [1.82, 2.24) is 0 Å². The Labute approximate surface area is 568 Å². The van der Waals surface area contributed by atoms with E-state index >= 15 is 0 Å². The van der Waals surface area contributed by atoms with Crippen LogP contribution in [-0.2, 0) is 65.4 Å². The van der Waals surface area contributed by atoms with Crippen LogP contribution in [0.15, 0.2) is 0 Å². The molecule has 0 aromatic carbocycles. The van der Waals surface area contributed by atoms with Gasteiger partial charge in [-0.05, 0) is 49.4 Å². The van der Waals surface area contributed by atoms with Gasteiger partial charge in [0.05, 0.1) is 26.4 Å². The standard InChI is InChI=1S/C74H144O17P2/c1-64(2)50-42-34-26-20-16-13-11-9-10-12-14-18-23-31-40-48-56-73(78)90-69(60-84-71(76)54-46-38-30-22-19-15-17-21-27-35-43-51-65(3)4)62-88-92(80,81)86-58-68(75)59-87-93(82,83)89-63-70(91-74(79)57-49-41-33-25-29-37-45-53-67(7)8)61-85-72(77)55-47-39-32-24-28-36-44-52-66(5)6/h64-70,75H,9-63H2,1-8H3,(H,80,81)(H,82,83)/t68?,69-,70-/m1/s1. The highest BCUT2D eigenvalue weighted by Gasteiger charge is 2.30. The van der Waals surface area contributed by atoms with E-state index in [1.807, 2.05) is 0 Å². The summed E-state index contributed by atoms with van der Waals surface area (Å²) in [5, 5.41) is 10.6. The summed E-state index contributed by atoms with van der Waals surface area (Å²) in [6.45, 7) is 14.1. The third-order valence-corrected chi connectivity index (χ3v) is 19.0. The maximum atomic E-state index is 13.1. The van der Waals surface area contributed by atoms with Gasteiger partial charge in [0.25, 0.3) is 0 Å². The fraction of sp³-hybridized carbons (Fsp3) is 0.946. The second-order valence-corrected chi connectivity index (χ2v) is 31.5. The minimum Gasteiger partial charge on any atom is -0.462 e. The van der Waals surface area contributed by atoms with Crippen molar-refractivity contribution in [1.29, 1.82) is 0 Å². The molecule has 0 heterocycles. The van der Waals surface area contributed by atoms with Gasteiger partial charge in [0.2, 0.25) is 0 Å². The summed E-state index contributed by atoms with van der Waals surface area (Å²) in [7, 11) is -9.91. The Morgan fingerprint density at radius 1 is 0.269 bits per heavy atom. The van der Waals surface area contributed by atoms with Crippen molar-refractivity contribution in [3.05, 3.63) is 0 Å². The van der Waals surface area contributed by atoms with E-state index in [1.165, 1.54) is 167 Å². The lowest BCUT2D eigenvalue weighted by molar-refractivity contribution is -0.161. The first-order chi connectivity index (χ1) is 44.6. The number of hydrogen-bond donors (Lipinski definition) is 3. The Kier molecular flexibility index (Phi) is 62.2. The fourth-order valence-electron chi connectivity index (χ4n) is 11.2. The molecule has 0 spiro atoms. The molecule has 0 rings (SSSR count). The average Bonchev–Trinajstić information content (AvgIpc) is 1.97. The van der Waals surface area contributed by atoms with Crippen LogP contribution in [0.1, 0.15) is 370 Å². The zero-order chi connectivity index (χ0) is 68.9. The molecular formula is C74H144O17P2. The number of ether oxygens (including phenoxy) is 4. The highest BCUT2D eigenvalue weighted by molar-refractivity contribution is 7.47. The van der Waals surface area contributed by atoms with Crippen molar-refractivity contribution in [3.8, 4) is 0 Å². The molecule has 0 fully saturated rings. The largest absolute Gasteiger partial charge is 0.472 e. The van der Waals surface area contributed by atoms with Gasteiger partial charge in [-0.25, -0.2) is 9.13 Å². The Hall–Kier alpha value is -1.94. The summed E-state index contributed by atoms with van der Waals surface area (Å²) in [6, 6.07) is 0. The van der Waals surface area contributed by atoms with Gasteiger partial charge in [-0.1, -0.05) is 319 Å². The summed E-state index contributed by atoms with van der Waals surface area (Å²) in [4.78, 5) is 72.7. The van der Waals surface area contributed by atoms with Gasteiger partial charge in [0.1, 0.15) is 19.3 Å². The molecule has 0 amide bonds. The number of carbonyl (C=O) groups excluding carboxylic acids is 4. The molecule has 19 heteroatoms. The predicted octanol–water partition coefficient (Wildman–Crippen LogP) is 21.3. The van der Waals surface area contributed by atoms with Crippen molar-refractivity contribution in [3.63, 3.8) is 0 Å². The molecule has 0 aliphatic rings. The highest BCUT2D eigenvalue weighted by atomic mass is 31.2. The number of esters is 4. The third-order valence-electron chi connectivity index (χ3n) is 17.1. The maximum absolute atomic E-state index is 13.1. The van der Waals surface area contributed by atoms with Gasteiger partial charge in [-0.3, -0.25) is 37.3 Å². The van der Waals surface area contributed by atoms with Crippen molar-refractivity contribution in [2.24, 2.45) is 23.7 Å². The second-order valence-electron chi connectivity index (χ2n) is 28.6. The maximum Gasteiger partial charge on any atom is 0.472 e. The van der Waals surface area contributed by atoms with Crippen molar-refractivity contribution in [2.75, 3.05) is 39.6 Å². The van der Waals surface area contributed by atoms with E-state index in [2.05, 4.69) is 55.4 Å². The SMILES string of the molecule is CC(C)CCCCCCCCCCCCCCCCCCC(=O)O[C@H](COC(=O)CCCCCCCCCCCCCC(C)C)COP(=O)(O)OCC(O)COP(=O)(O)OC[C@@H](COC(=O)CCCCCCCCCC(C)C)OC(=O)CCCCCCCCCC(C)C. The smallest absolute Gasteiger partial charge is 0.462 e. The minimum absolute atomic E-state index is 0.102. The van der Waals surface area contributed by atoms with Crippen LogP contribution in [0.3, 0.4) is 0 Å². The molecule has 17 nitrogen and oxygen atoms in total. The van der Waals surface area contributed by atoms with Crippen LogP contribution in [0.5, 0.6) is 0 Å². The predicted molar refractivity (Wildman–Crippen MR) is 377 cm³/mol. The molecule has 3 unspecified atom stereocenters. The van der Waals surface area contributed by atoms with Crippen LogP contribution >= 0.6 is 15.6 Å². The fourth-order valence-corrected chi connectivity index (χ4v) is 12.8. The van der Waals surface area contributed by atoms with E-state index in [9.17, 15) is 43.2 Å². The molecule has 0 saturated heterocycles. The van der Waals surface area contributed by atoms with E-state index in [4.69, 9.17) is 37.0 Å². The van der Waals surface area contributed by atoms with Gasteiger partial charge < -0.3 is 33.8 Å². The van der Waals surface area contributed by atoms with E-state index in [1.54, 1.807) is 0 Å². The molecule has 552 valence electrons. The molecule has 0 saturated carbocycles. The van der Waals surface area contributed by atoms with Gasteiger partial charge in [-0.2, -0.15) is 0 Å². The van der Waals surface area contributed by atoms with Crippen LogP contribution in [0.25, 0.3) is 0 Å². The Balaban J connectivity index is 5.22. The average molecular weight is 1370 g/mol. The number of hydrogen-bond acceptors (Lipinski definition) is 15. The number of rotatable bonds is 71. The number of unbranched alkanes of at least 4 members (excludes halogenated alkanes) is 37. The van der Waals surface area contributed by atoms with Gasteiger partial charge >= 0.3 is 39.5 Å². The lowest BCUT2D eigenvalue weighted by atomic mass is 10.0. The second kappa shape index (κ2) is 63.5. The van der Waals surface area contributed by atoms with Crippen molar-refractivity contribution in [2.45, 2.75) is 388 Å². The first-order valence-electron chi connectivity index (χ1n) is 38.2. The molecule has 0 bridgehead atoms. The van der Waals surface area contributed by atoms with Crippen LogP contribution in [-0.4, -0.2) is 96.7 Å². The molecule has 0 aliphatic heterocycles. The number of carbonyl (C=O) groups is 4. The Morgan fingerprint density at radius 2 is 0.452 bits per heavy atom. The number of aliphatic hydroxyl groups is 1. The first kappa shape index (κ1) is 91.1. The summed E-state index contributed by atoms with van der Waals surface area (Å²) < 4.78 is 68.4. The lowest BCUT2D eigenvalue weighted by Gasteiger charge is -2.21. The molecule has 0 aliphatic carbocycles. The summed E-state index contributed by atoms with van der Waals surface area (Å²) in [6.07, 6.45) is 47.4. The van der Waals surface area contributed by atoms with Crippen LogP contribution in [0.4, 0.5) is 0 Å². The van der Waals surface area contributed by atoms with E-state index in [0.29, 0.717) is 37.5 Å². The van der Waals surface area contributed by atoms with E-state index < -0.39 is 97.5 Å². The summed E-state index contributed by atoms with van der Waals surface area (Å²) >= 11 is 0. The van der Waals surface area contributed by atoms with E-state index in [-0.39, 0.29) is 25.7 Å². The number of phosphoric acid groups is 2. The Morgan fingerprint density at radius 3 is 0.667 bits per heavy atom. The molecule has 0 aromatic heterocycles. The number of phosphoric ester groups is 2. The molecule has 0 radical (unpaired) electrons. The monoisotopic (exact) mass is 1370 g/mol. The van der Waals surface area contributed by atoms with E-state index in [0.717, 1.165) is 108 Å². The van der Waals surface area contributed by atoms with Crippen molar-refractivity contribution >= 4 is 39.5 Å². The number of aliphatic hydroxyl groups excluding tert-OH is 1. The first-order valence-corrected chi connectivity index (χ1v) is 41.2. The van der Waals surface area contributed by atoms with Crippen LogP contribution < -0.4 is 0 Å². The molecule has 0 aromatic rings. The highest BCUT2D eigenvalue weighted by Crippen LogP contribution is 2.45. The molecule has 93 heavy (non-hydrogen) atoms. The van der Waals surface area contributed by atoms with Crippen LogP contribution in [0.2, 0.25) is 0 Å². The molecule has 5 atom stereocenters. The van der Waals surface area contributed by atoms with Crippen LogP contribution in [0, 0.1) is 23.7 Å². The third kappa shape index (κ3) is 68.4. The quantitative estimate of drug-likeness (QED) is 0.0222. The normalized spacial score (nSPS) is 14.2. The minimum atomic E-state index is -4.96. The summed E-state index contributed by atoms with van der Waals surface area (Å²) in [5.41, 5.74) is 0. The van der Waals surface area contributed by atoms with Gasteiger partial charge in [0.15, 0.2) is 12.2 Å². The molecule has 3 N–H and O–H groups in total. The zero-order valence-corrected chi connectivity index (χ0v) is 62.7. The van der Waals surface area contributed by atoms with Gasteiger partial charge in [-0.15, -0.1) is 0 Å². The molecular weight excluding hydrogens is 1220 g/mol. The lowest BCUT2D eigenvalue weighted by Crippen LogP contribution is -2.30. The van der Waals surface area contributed by atoms with Crippen molar-refractivity contribution < 1.29 is 80.2 Å². The Bertz CT molecular complexity index is 1830.